The molecule has 0 amide bonds. The van der Waals surface area contributed by atoms with E-state index in [0.717, 1.165) is 121 Å². The maximum atomic E-state index is 11.0. The van der Waals surface area contributed by atoms with Crippen molar-refractivity contribution in [1.29, 1.82) is 15.8 Å². The summed E-state index contributed by atoms with van der Waals surface area (Å²) in [4.78, 5) is 33.8. The van der Waals surface area contributed by atoms with Gasteiger partial charge in [-0.15, -0.1) is 0 Å². The Balaban J connectivity index is 0.000000157. The minimum Gasteiger partial charge on any atom is -0.379 e. The largest absolute Gasteiger partial charge is 0.379 e. The molecule has 2 saturated heterocycles. The van der Waals surface area contributed by atoms with Gasteiger partial charge in [0.2, 0.25) is 0 Å². The third-order valence-corrected chi connectivity index (χ3v) is 15.3. The summed E-state index contributed by atoms with van der Waals surface area (Å²) in [5, 5.41) is 65.6. The molecule has 3 aromatic heterocycles. The van der Waals surface area contributed by atoms with Crippen LogP contribution in [0, 0.1) is 85.1 Å². The van der Waals surface area contributed by atoms with Gasteiger partial charge in [0.25, 0.3) is 17.1 Å². The Bertz CT molecular complexity index is 4020. The summed E-state index contributed by atoms with van der Waals surface area (Å²) >= 11 is 3.50. The predicted molar refractivity (Wildman–Crippen MR) is 324 cm³/mol. The number of nitriles is 3. The van der Waals surface area contributed by atoms with Gasteiger partial charge in [0.15, 0.2) is 20.4 Å². The number of aryl methyl sites for hydroxylation is 6. The molecule has 9 aromatic rings. The number of aromatic nitrogens is 3. The fourth-order valence-electron chi connectivity index (χ4n) is 10.6. The lowest BCUT2D eigenvalue weighted by Crippen LogP contribution is -2.35. The first-order chi connectivity index (χ1) is 40.6. The summed E-state index contributed by atoms with van der Waals surface area (Å²) in [5.41, 5.74) is 15.7. The van der Waals surface area contributed by atoms with Crippen molar-refractivity contribution in [3.63, 3.8) is 0 Å². The summed E-state index contributed by atoms with van der Waals surface area (Å²) < 4.78 is 25.6. The van der Waals surface area contributed by atoms with Gasteiger partial charge >= 0.3 is 0 Å². The number of nitro groups is 3. The molecule has 84 heavy (non-hydrogen) atoms. The van der Waals surface area contributed by atoms with Crippen molar-refractivity contribution >= 4 is 65.7 Å². The zero-order chi connectivity index (χ0) is 60.2. The lowest BCUT2D eigenvalue weighted by atomic mass is 10.0. The van der Waals surface area contributed by atoms with Crippen LogP contribution in [0.3, 0.4) is 0 Å². The summed E-state index contributed by atoms with van der Waals surface area (Å²) in [6.07, 6.45) is 0. The molecule has 5 heterocycles. The van der Waals surface area contributed by atoms with E-state index >= 15 is 0 Å². The topological polar surface area (TPSA) is 256 Å². The molecule has 0 atom stereocenters. The number of halogens is 1. The Kier molecular flexibility index (Phi) is 20.2. The smallest absolute Gasteiger partial charge is 0.269 e. The number of non-ortho nitro benzene ring substituents is 3. The van der Waals surface area contributed by atoms with Crippen molar-refractivity contribution in [3.8, 4) is 52.0 Å². The molecule has 0 saturated carbocycles. The first-order valence-electron chi connectivity index (χ1n) is 27.1. The molecule has 0 unspecified atom stereocenters. The minimum absolute atomic E-state index is 0.0406. The number of benzene rings is 6. The first kappa shape index (κ1) is 61.0. The molecule has 0 radical (unpaired) electrons. The van der Waals surface area contributed by atoms with Crippen LogP contribution in [0.5, 0.6) is 0 Å². The van der Waals surface area contributed by atoms with Crippen molar-refractivity contribution in [2.75, 3.05) is 46.7 Å². The van der Waals surface area contributed by atoms with E-state index in [1.54, 1.807) is 36.4 Å². The van der Waals surface area contributed by atoms with E-state index in [4.69, 9.17) is 4.74 Å². The average Bonchev–Trinajstić information content (AvgIpc) is 2.44. The van der Waals surface area contributed by atoms with E-state index in [9.17, 15) is 46.1 Å². The quantitative estimate of drug-likeness (QED) is 0.0626. The highest BCUT2D eigenvalue weighted by atomic mass is 79.9. The van der Waals surface area contributed by atoms with E-state index < -0.39 is 14.8 Å². The maximum absolute atomic E-state index is 11.0. The Hall–Kier alpha value is -9.11. The van der Waals surface area contributed by atoms with Gasteiger partial charge in [0, 0.05) is 114 Å². The predicted octanol–water partition coefficient (Wildman–Crippen LogP) is 13.9. The van der Waals surface area contributed by atoms with Gasteiger partial charge in [-0.1, -0.05) is 28.1 Å². The van der Waals surface area contributed by atoms with Gasteiger partial charge in [-0.05, 0) is 136 Å². The van der Waals surface area contributed by atoms with E-state index in [-0.39, 0.29) is 17.1 Å². The van der Waals surface area contributed by atoms with Gasteiger partial charge in [-0.2, -0.15) is 15.8 Å². The van der Waals surface area contributed by atoms with E-state index in [2.05, 4.69) is 111 Å². The Morgan fingerprint density at radius 3 is 1.19 bits per heavy atom. The number of hydrogen-bond donors (Lipinski definition) is 0. The molecule has 6 aromatic carbocycles. The van der Waals surface area contributed by atoms with Crippen LogP contribution in [-0.4, -0.2) is 80.1 Å². The first-order valence-corrected chi connectivity index (χ1v) is 28.2. The molecule has 20 nitrogen and oxygen atoms in total. The van der Waals surface area contributed by atoms with Gasteiger partial charge in [0.1, 0.15) is 18.2 Å². The zero-order valence-corrected chi connectivity index (χ0v) is 49.0. The van der Waals surface area contributed by atoms with Crippen molar-refractivity contribution in [3.05, 3.63) is 190 Å². The molecule has 2 aliphatic rings. The van der Waals surface area contributed by atoms with Crippen molar-refractivity contribution in [1.82, 2.24) is 18.6 Å². The van der Waals surface area contributed by atoms with Gasteiger partial charge in [-0.25, -0.2) is 0 Å². The summed E-state index contributed by atoms with van der Waals surface area (Å²) in [6, 6.07) is 40.6. The Morgan fingerprint density at radius 2 is 0.845 bits per heavy atom. The molecular formula is C63H61BrN10O10. The maximum Gasteiger partial charge on any atom is 0.269 e. The Morgan fingerprint density at radius 1 is 0.488 bits per heavy atom. The molecule has 2 fully saturated rings. The molecule has 0 bridgehead atoms. The second-order valence-electron chi connectivity index (χ2n) is 19.8. The SMILES string of the molecule is C1OCOCO1.CCn1c(-c2ccc([N+](=O)[O-])cc2)c(C#N)c2cc(CBr)c(C)cc21.CCn1c(-c2ccc([N+](=O)[O-])cc2)c(C#N)c2cc(CN3CCOCC3)c(C)cc21.CCn1c(-c2ccc([N+](=O)[O-])cc2)c(C#N)c2ccc(C)cc21. The Labute approximate surface area is 493 Å². The number of hydrogen-bond acceptors (Lipinski definition) is 14. The fourth-order valence-corrected chi connectivity index (χ4v) is 11.2. The van der Waals surface area contributed by atoms with Crippen LogP contribution in [0.4, 0.5) is 17.1 Å². The highest BCUT2D eigenvalue weighted by Gasteiger charge is 2.24. The van der Waals surface area contributed by atoms with Crippen LogP contribution in [0.1, 0.15) is 65.3 Å². The van der Waals surface area contributed by atoms with Crippen LogP contribution < -0.4 is 0 Å². The van der Waals surface area contributed by atoms with E-state index in [1.165, 1.54) is 47.5 Å². The number of nitro benzene ring substituents is 3. The number of morpholine rings is 1. The third kappa shape index (κ3) is 13.1. The molecule has 0 N–H and O–H groups in total. The summed E-state index contributed by atoms with van der Waals surface area (Å²) in [6.45, 7) is 19.7. The minimum atomic E-state index is -0.423. The number of ether oxygens (including phenoxy) is 4. The van der Waals surface area contributed by atoms with Crippen molar-refractivity contribution in [2.24, 2.45) is 0 Å². The van der Waals surface area contributed by atoms with Crippen LogP contribution >= 0.6 is 15.9 Å². The van der Waals surface area contributed by atoms with Crippen LogP contribution in [0.15, 0.2) is 115 Å². The van der Waals surface area contributed by atoms with Crippen LogP contribution in [0.25, 0.3) is 66.5 Å². The van der Waals surface area contributed by atoms with Crippen molar-refractivity contribution < 1.29 is 33.7 Å². The zero-order valence-electron chi connectivity index (χ0n) is 47.4. The molecule has 21 heteroatoms. The second-order valence-corrected chi connectivity index (χ2v) is 20.3. The monoisotopic (exact) mass is 1200 g/mol. The normalized spacial score (nSPS) is 13.1. The van der Waals surface area contributed by atoms with Crippen molar-refractivity contribution in [2.45, 2.75) is 73.1 Å². The third-order valence-electron chi connectivity index (χ3n) is 14.7. The number of rotatable bonds is 12. The van der Waals surface area contributed by atoms with Gasteiger partial charge < -0.3 is 32.6 Å². The molecule has 11 rings (SSSR count). The molecule has 2 aliphatic heterocycles. The molecular weight excluding hydrogens is 1140 g/mol. The molecule has 0 aliphatic carbocycles. The molecule has 0 spiro atoms. The highest BCUT2D eigenvalue weighted by molar-refractivity contribution is 9.08. The number of fused-ring (bicyclic) bond motifs is 3. The van der Waals surface area contributed by atoms with E-state index in [1.807, 2.05) is 39.8 Å². The standard InChI is InChI=1S/C23H24N4O3.C19H16BrN3O2.C18H15N3O2.C3H6O3/c1-3-26-22-12-16(2)18(15-25-8-10-30-11-9-25)13-20(22)21(14-24)23(26)17-4-6-19(7-5-17)27(28)29;1-3-22-18-8-12(2)14(10-20)9-16(18)17(11-21)19(22)13-4-6-15(7-5-13)23(24)25;1-3-20-17-10-12(2)4-9-15(17)16(11-19)18(20)13-5-7-14(8-6-13)21(22)23;1-4-2-6-3-5-1/h4-7,12-13H,3,8-11,15H2,1-2H3;4-9H,3,10H2,1-2H3;4-10H,3H2,1-2H3;1-3H2. The summed E-state index contributed by atoms with van der Waals surface area (Å²) in [5.74, 6) is 0. The van der Waals surface area contributed by atoms with Gasteiger partial charge in [0.05, 0.1) is 78.3 Å². The number of alkyl halides is 1. The molecule has 430 valence electrons. The lowest BCUT2D eigenvalue weighted by molar-refractivity contribution is -0.385. The van der Waals surface area contributed by atoms with Crippen LogP contribution in [0.2, 0.25) is 0 Å². The average molecular weight is 1200 g/mol. The lowest BCUT2D eigenvalue weighted by Gasteiger charge is -2.27. The fraction of sp³-hybridized carbons (Fsp3) is 0.286. The number of nitrogens with zero attached hydrogens (tertiary/aromatic N) is 10. The second kappa shape index (κ2) is 27.8. The van der Waals surface area contributed by atoms with Gasteiger partial charge in [-0.3, -0.25) is 35.2 Å². The highest BCUT2D eigenvalue weighted by Crippen LogP contribution is 2.39. The van der Waals surface area contributed by atoms with Crippen LogP contribution in [-0.2, 0) is 50.5 Å². The summed E-state index contributed by atoms with van der Waals surface area (Å²) in [7, 11) is 0. The van der Waals surface area contributed by atoms with E-state index in [0.29, 0.717) is 56.7 Å².